The first kappa shape index (κ1) is 15.9. The van der Waals surface area contributed by atoms with Crippen molar-refractivity contribution in [3.8, 4) is 0 Å². The summed E-state index contributed by atoms with van der Waals surface area (Å²) < 4.78 is 5.25. The summed E-state index contributed by atoms with van der Waals surface area (Å²) >= 11 is 0. The molecule has 1 unspecified atom stereocenters. The first-order valence-corrected chi connectivity index (χ1v) is 6.38. The minimum absolute atomic E-state index is 0.401. The molecule has 0 aliphatic carbocycles. The second-order valence-electron chi connectivity index (χ2n) is 6.45. The fourth-order valence-corrected chi connectivity index (χ4v) is 2.62. The Bertz CT molecular complexity index is 359. The molecule has 1 radical (unpaired) electrons. The Kier molecular flexibility index (Phi) is 4.27. The molecule has 0 saturated carbocycles. The predicted molar refractivity (Wildman–Crippen MR) is 66.6 cm³/mol. The highest BCUT2D eigenvalue weighted by molar-refractivity contribution is 5.93. The van der Waals surface area contributed by atoms with Crippen molar-refractivity contribution in [2.45, 2.75) is 64.6 Å². The normalized spacial score (nSPS) is 24.7. The van der Waals surface area contributed by atoms with Crippen molar-refractivity contribution >= 4 is 11.9 Å². The molecule has 1 fully saturated rings. The lowest BCUT2D eigenvalue weighted by Gasteiger charge is -2.49. The zero-order chi connectivity index (χ0) is 15.0. The third-order valence-corrected chi connectivity index (χ3v) is 3.56. The van der Waals surface area contributed by atoms with Gasteiger partial charge in [-0.3, -0.25) is 9.59 Å². The Morgan fingerprint density at radius 2 is 1.63 bits per heavy atom. The van der Waals surface area contributed by atoms with Crippen molar-refractivity contribution in [1.29, 1.82) is 0 Å². The fraction of sp³-hybridized carbons (Fsp3) is 0.846. The Morgan fingerprint density at radius 3 is 2.00 bits per heavy atom. The highest BCUT2D eigenvalue weighted by atomic mass is 16.6. The minimum Gasteiger partial charge on any atom is -0.481 e. The van der Waals surface area contributed by atoms with E-state index in [1.165, 1.54) is 6.92 Å². The number of esters is 1. The highest BCUT2D eigenvalue weighted by Crippen LogP contribution is 2.38. The van der Waals surface area contributed by atoms with Gasteiger partial charge >= 0.3 is 11.9 Å². The number of hydroxylamine groups is 2. The number of hydrogen-bond acceptors (Lipinski definition) is 4. The largest absolute Gasteiger partial charge is 0.481 e. The van der Waals surface area contributed by atoms with Crippen LogP contribution in [0.1, 0.15) is 47.5 Å². The summed E-state index contributed by atoms with van der Waals surface area (Å²) in [6, 6.07) is 0. The number of carboxylic acids is 1. The van der Waals surface area contributed by atoms with Crippen LogP contribution < -0.4 is 0 Å². The first-order valence-electron chi connectivity index (χ1n) is 6.38. The maximum atomic E-state index is 12.1. The molecule has 1 N–H and O–H groups in total. The lowest BCUT2D eigenvalue weighted by Crippen LogP contribution is -2.60. The minimum atomic E-state index is -1.20. The van der Waals surface area contributed by atoms with Crippen LogP contribution in [0.4, 0.5) is 0 Å². The molecule has 1 aliphatic rings. The average Bonchev–Trinajstić information content (AvgIpc) is 2.23. The van der Waals surface area contributed by atoms with Crippen molar-refractivity contribution in [3.63, 3.8) is 0 Å². The number of hydrogen-bond donors (Lipinski definition) is 1. The molecule has 0 bridgehead atoms. The highest BCUT2D eigenvalue weighted by Gasteiger charge is 2.47. The van der Waals surface area contributed by atoms with E-state index in [1.54, 1.807) is 27.7 Å². The SMILES string of the molecule is CC(C(=O)O)C(=O)OC1CC(C)(C)N([O])C(C)(C)C1. The van der Waals surface area contributed by atoms with Gasteiger partial charge < -0.3 is 9.84 Å². The summed E-state index contributed by atoms with van der Waals surface area (Å²) in [6.45, 7) is 8.47. The smallest absolute Gasteiger partial charge is 0.320 e. The third kappa shape index (κ3) is 3.45. The molecular weight excluding hydrogens is 250 g/mol. The second kappa shape index (κ2) is 5.09. The Morgan fingerprint density at radius 1 is 1.21 bits per heavy atom. The Labute approximate surface area is 113 Å². The summed E-state index contributed by atoms with van der Waals surface area (Å²) in [7, 11) is 0. The van der Waals surface area contributed by atoms with Gasteiger partial charge in [0.15, 0.2) is 5.92 Å². The number of carboxylic acid groups (broad SMARTS) is 1. The molecule has 1 rings (SSSR count). The molecule has 0 aromatic carbocycles. The fourth-order valence-electron chi connectivity index (χ4n) is 2.62. The van der Waals surface area contributed by atoms with Crippen molar-refractivity contribution in [1.82, 2.24) is 5.06 Å². The van der Waals surface area contributed by atoms with E-state index in [1.807, 2.05) is 0 Å². The molecule has 1 aliphatic heterocycles. The van der Waals surface area contributed by atoms with E-state index in [2.05, 4.69) is 0 Å². The van der Waals surface area contributed by atoms with Gasteiger partial charge in [0.05, 0.1) is 0 Å². The van der Waals surface area contributed by atoms with Crippen molar-refractivity contribution in [2.75, 3.05) is 0 Å². The summed E-state index contributed by atoms with van der Waals surface area (Å²) in [5.74, 6) is -3.13. The van der Waals surface area contributed by atoms with E-state index in [9.17, 15) is 14.8 Å². The molecule has 0 spiro atoms. The summed E-state index contributed by atoms with van der Waals surface area (Å²) in [5.41, 5.74) is -1.28. The zero-order valence-electron chi connectivity index (χ0n) is 12.1. The van der Waals surface area contributed by atoms with Crippen LogP contribution in [0.15, 0.2) is 0 Å². The van der Waals surface area contributed by atoms with Crippen LogP contribution >= 0.6 is 0 Å². The standard InChI is InChI=1S/C13H22NO5/c1-8(10(15)16)11(17)19-9-6-12(2,3)14(18)13(4,5)7-9/h8-9H,6-7H2,1-5H3,(H,15,16). The number of carbonyl (C=O) groups is 2. The monoisotopic (exact) mass is 272 g/mol. The zero-order valence-corrected chi connectivity index (χ0v) is 12.1. The van der Waals surface area contributed by atoms with Crippen molar-refractivity contribution < 1.29 is 24.6 Å². The van der Waals surface area contributed by atoms with E-state index in [4.69, 9.17) is 9.84 Å². The topological polar surface area (TPSA) is 86.7 Å². The number of nitrogens with zero attached hydrogens (tertiary/aromatic N) is 1. The number of aliphatic carboxylic acids is 1. The van der Waals surface area contributed by atoms with Crippen LogP contribution in [0.5, 0.6) is 0 Å². The molecule has 1 atom stereocenters. The van der Waals surface area contributed by atoms with Gasteiger partial charge in [0.25, 0.3) is 0 Å². The van der Waals surface area contributed by atoms with Gasteiger partial charge in [-0.1, -0.05) is 0 Å². The molecule has 19 heavy (non-hydrogen) atoms. The van der Waals surface area contributed by atoms with Crippen LogP contribution in [0, 0.1) is 5.92 Å². The molecule has 109 valence electrons. The third-order valence-electron chi connectivity index (χ3n) is 3.56. The molecule has 0 amide bonds. The van der Waals surface area contributed by atoms with Gasteiger partial charge in [-0.15, -0.1) is 10.3 Å². The number of rotatable bonds is 3. The number of carbonyl (C=O) groups excluding carboxylic acids is 1. The summed E-state index contributed by atoms with van der Waals surface area (Å²) in [4.78, 5) is 22.4. The van der Waals surface area contributed by atoms with E-state index >= 15 is 0 Å². The van der Waals surface area contributed by atoms with Gasteiger partial charge in [0.2, 0.25) is 0 Å². The van der Waals surface area contributed by atoms with E-state index in [0.717, 1.165) is 5.06 Å². The second-order valence-corrected chi connectivity index (χ2v) is 6.45. The summed E-state index contributed by atoms with van der Waals surface area (Å²) in [6.07, 6.45) is 0.375. The maximum Gasteiger partial charge on any atom is 0.320 e. The van der Waals surface area contributed by atoms with Crippen LogP contribution in [0.3, 0.4) is 0 Å². The van der Waals surface area contributed by atoms with Crippen LogP contribution in [-0.2, 0) is 19.5 Å². The number of piperidine rings is 1. The lowest BCUT2D eigenvalue weighted by molar-refractivity contribution is -0.299. The molecule has 1 heterocycles. The maximum absolute atomic E-state index is 12.1. The van der Waals surface area contributed by atoms with Gasteiger partial charge in [-0.25, -0.2) is 0 Å². The van der Waals surface area contributed by atoms with Crippen LogP contribution in [0.25, 0.3) is 0 Å². The van der Waals surface area contributed by atoms with E-state index < -0.39 is 35.0 Å². The molecule has 6 nitrogen and oxygen atoms in total. The molecular formula is C13H22NO5. The molecule has 1 saturated heterocycles. The molecule has 0 aromatic rings. The van der Waals surface area contributed by atoms with E-state index in [0.29, 0.717) is 12.8 Å². The van der Waals surface area contributed by atoms with Crippen molar-refractivity contribution in [2.24, 2.45) is 5.92 Å². The Hall–Kier alpha value is -1.14. The Balaban J connectivity index is 2.76. The lowest BCUT2D eigenvalue weighted by atomic mass is 9.80. The van der Waals surface area contributed by atoms with Crippen LogP contribution in [-0.4, -0.2) is 39.3 Å². The van der Waals surface area contributed by atoms with Gasteiger partial charge in [0.1, 0.15) is 6.10 Å². The van der Waals surface area contributed by atoms with Gasteiger partial charge in [-0.2, -0.15) is 0 Å². The average molecular weight is 272 g/mol. The summed E-state index contributed by atoms with van der Waals surface area (Å²) in [5, 5.41) is 21.9. The van der Waals surface area contributed by atoms with Gasteiger partial charge in [-0.05, 0) is 34.6 Å². The van der Waals surface area contributed by atoms with Crippen molar-refractivity contribution in [3.05, 3.63) is 0 Å². The predicted octanol–water partition coefficient (Wildman–Crippen LogP) is 1.62. The number of ether oxygens (including phenoxy) is 1. The van der Waals surface area contributed by atoms with Gasteiger partial charge in [0, 0.05) is 23.9 Å². The molecule has 0 aromatic heterocycles. The first-order chi connectivity index (χ1) is 8.47. The quantitative estimate of drug-likeness (QED) is 0.623. The van der Waals surface area contributed by atoms with Crippen LogP contribution in [0.2, 0.25) is 0 Å². The molecule has 6 heteroatoms. The van der Waals surface area contributed by atoms with E-state index in [-0.39, 0.29) is 0 Å².